The van der Waals surface area contributed by atoms with Crippen molar-refractivity contribution >= 4 is 28.7 Å². The molecule has 3 aromatic rings. The fourth-order valence-corrected chi connectivity index (χ4v) is 4.13. The lowest BCUT2D eigenvalue weighted by Gasteiger charge is -2.24. The van der Waals surface area contributed by atoms with Crippen LogP contribution in [0, 0.1) is 6.92 Å². The molecule has 172 valence electrons. The van der Waals surface area contributed by atoms with E-state index in [4.69, 9.17) is 10.2 Å². The number of carbonyl (C=O) groups excluding carboxylic acids is 1. The number of amides is 1. The topological polar surface area (TPSA) is 127 Å². The third kappa shape index (κ3) is 5.18. The van der Waals surface area contributed by atoms with Gasteiger partial charge in [0.1, 0.15) is 11.6 Å². The number of rotatable bonds is 10. The van der Waals surface area contributed by atoms with Crippen molar-refractivity contribution in [1.29, 1.82) is 0 Å². The van der Waals surface area contributed by atoms with Gasteiger partial charge in [0, 0.05) is 18.5 Å². The summed E-state index contributed by atoms with van der Waals surface area (Å²) in [4.78, 5) is 46.4. The molecule has 0 fully saturated rings. The molecule has 0 bridgehead atoms. The van der Waals surface area contributed by atoms with Gasteiger partial charge in [0.25, 0.3) is 5.56 Å². The van der Waals surface area contributed by atoms with Gasteiger partial charge >= 0.3 is 5.69 Å². The average Bonchev–Trinajstić information content (AvgIpc) is 3.38. The van der Waals surface area contributed by atoms with Crippen LogP contribution in [0.25, 0.3) is 10.8 Å². The van der Waals surface area contributed by atoms with Crippen molar-refractivity contribution in [1.82, 2.24) is 14.5 Å². The predicted octanol–water partition coefficient (Wildman–Crippen LogP) is 3.32. The molecule has 3 aromatic heterocycles. The zero-order valence-electron chi connectivity index (χ0n) is 18.6. The first-order valence-corrected chi connectivity index (χ1v) is 11.7. The highest BCUT2D eigenvalue weighted by Crippen LogP contribution is 2.26. The minimum Gasteiger partial charge on any atom is -0.459 e. The monoisotopic (exact) mass is 459 g/mol. The molecule has 0 atom stereocenters. The van der Waals surface area contributed by atoms with Crippen molar-refractivity contribution in [2.45, 2.75) is 59.4 Å². The van der Waals surface area contributed by atoms with Gasteiger partial charge in [-0.1, -0.05) is 26.7 Å². The number of nitrogen functional groups attached to an aromatic ring is 1. The number of carbonyl (C=O) groups is 1. The number of furan rings is 1. The van der Waals surface area contributed by atoms with E-state index in [1.807, 2.05) is 32.9 Å². The molecule has 0 spiro atoms. The second-order valence-electron chi connectivity index (χ2n) is 7.63. The molecule has 0 aliphatic carbocycles. The minimum atomic E-state index is -0.658. The van der Waals surface area contributed by atoms with Crippen molar-refractivity contribution in [3.8, 4) is 10.8 Å². The minimum absolute atomic E-state index is 0.00682. The van der Waals surface area contributed by atoms with Crippen LogP contribution in [-0.2, 0) is 17.8 Å². The number of nitrogens with zero attached hydrogens (tertiary/aromatic N) is 3. The quantitative estimate of drug-likeness (QED) is 0.479. The first-order valence-electron chi connectivity index (χ1n) is 10.8. The summed E-state index contributed by atoms with van der Waals surface area (Å²) in [6.45, 7) is 6.55. The van der Waals surface area contributed by atoms with Gasteiger partial charge in [-0.05, 0) is 31.9 Å². The molecule has 1 amide bonds. The van der Waals surface area contributed by atoms with Gasteiger partial charge in [0.05, 0.1) is 12.1 Å². The fourth-order valence-electron chi connectivity index (χ4n) is 3.36. The molecule has 0 aromatic carbocycles. The second kappa shape index (κ2) is 10.4. The Balaban J connectivity index is 1.91. The van der Waals surface area contributed by atoms with E-state index >= 15 is 0 Å². The molecule has 0 aliphatic heterocycles. The number of aromatic nitrogens is 3. The first-order chi connectivity index (χ1) is 15.3. The highest BCUT2D eigenvalue weighted by Gasteiger charge is 2.25. The predicted molar refractivity (Wildman–Crippen MR) is 126 cm³/mol. The largest absolute Gasteiger partial charge is 0.459 e. The summed E-state index contributed by atoms with van der Waals surface area (Å²) in [5.74, 6) is 1.15. The Morgan fingerprint density at radius 1 is 1.25 bits per heavy atom. The maximum atomic E-state index is 13.3. The lowest BCUT2D eigenvalue weighted by Crippen LogP contribution is -2.42. The lowest BCUT2D eigenvalue weighted by molar-refractivity contribution is -0.118. The van der Waals surface area contributed by atoms with E-state index in [0.717, 1.165) is 25.0 Å². The van der Waals surface area contributed by atoms with Gasteiger partial charge in [-0.3, -0.25) is 19.1 Å². The molecular weight excluding hydrogens is 430 g/mol. The van der Waals surface area contributed by atoms with Gasteiger partial charge in [0.15, 0.2) is 16.5 Å². The number of H-pyrrole nitrogens is 1. The normalized spacial score (nSPS) is 11.1. The molecular formula is C22H29N5O4S. The number of aryl methyl sites for hydroxylation is 1. The molecule has 0 saturated carbocycles. The number of aromatic amines is 1. The number of unbranched alkanes of at least 4 members (excludes halogenated alkanes) is 2. The van der Waals surface area contributed by atoms with E-state index < -0.39 is 11.2 Å². The summed E-state index contributed by atoms with van der Waals surface area (Å²) in [5.41, 5.74) is 5.62. The van der Waals surface area contributed by atoms with Crippen LogP contribution >= 0.6 is 11.3 Å². The third-order valence-corrected chi connectivity index (χ3v) is 6.00. The summed E-state index contributed by atoms with van der Waals surface area (Å²) in [6.07, 6.45) is 3.11. The molecule has 9 nitrogen and oxygen atoms in total. The Labute approximate surface area is 189 Å². The number of anilines is 2. The average molecular weight is 460 g/mol. The fraction of sp³-hybridized carbons (Fsp3) is 0.455. The summed E-state index contributed by atoms with van der Waals surface area (Å²) < 4.78 is 6.93. The van der Waals surface area contributed by atoms with Gasteiger partial charge in [0.2, 0.25) is 5.91 Å². The summed E-state index contributed by atoms with van der Waals surface area (Å²) in [5, 5.41) is 2.49. The smallest absolute Gasteiger partial charge is 0.330 e. The SMILES string of the molecule is CCCCN(C(=O)Cc1csc(-c2ccc(C)o2)n1)c1c(N)n(CCCC)c(=O)[nH]c1=O. The van der Waals surface area contributed by atoms with Gasteiger partial charge in [-0.25, -0.2) is 9.78 Å². The van der Waals surface area contributed by atoms with Crippen LogP contribution in [0.4, 0.5) is 11.5 Å². The standard InChI is InChI=1S/C22H29N5O4S/c1-4-6-10-26(18-19(23)27(11-7-5-2)22(30)25-20(18)29)17(28)12-15-13-32-21(24-15)16-9-8-14(3)31-16/h8-9,13H,4-7,10-12,23H2,1-3H3,(H,25,29,30). The molecule has 0 radical (unpaired) electrons. The molecule has 10 heteroatoms. The Morgan fingerprint density at radius 2 is 2.00 bits per heavy atom. The Morgan fingerprint density at radius 3 is 2.66 bits per heavy atom. The highest BCUT2D eigenvalue weighted by atomic mass is 32.1. The molecule has 0 aliphatic rings. The Bertz CT molecular complexity index is 1190. The molecule has 3 N–H and O–H groups in total. The molecule has 0 saturated heterocycles. The van der Waals surface area contributed by atoms with Crippen LogP contribution in [-0.4, -0.2) is 27.0 Å². The van der Waals surface area contributed by atoms with Crippen LogP contribution in [0.2, 0.25) is 0 Å². The molecule has 0 unspecified atom stereocenters. The Kier molecular flexibility index (Phi) is 7.68. The van der Waals surface area contributed by atoms with E-state index in [2.05, 4.69) is 9.97 Å². The zero-order valence-corrected chi connectivity index (χ0v) is 19.5. The number of hydrogen-bond donors (Lipinski definition) is 2. The maximum Gasteiger partial charge on any atom is 0.330 e. The number of hydrogen-bond acceptors (Lipinski definition) is 7. The number of nitrogens with one attached hydrogen (secondary N) is 1. The van der Waals surface area contributed by atoms with Crippen molar-refractivity contribution in [3.63, 3.8) is 0 Å². The van der Waals surface area contributed by atoms with E-state index in [9.17, 15) is 14.4 Å². The van der Waals surface area contributed by atoms with E-state index in [-0.39, 0.29) is 23.8 Å². The molecule has 3 heterocycles. The van der Waals surface area contributed by atoms with Crippen LogP contribution < -0.4 is 21.9 Å². The first kappa shape index (κ1) is 23.5. The van der Waals surface area contributed by atoms with Gasteiger partial charge < -0.3 is 15.1 Å². The highest BCUT2D eigenvalue weighted by molar-refractivity contribution is 7.13. The zero-order chi connectivity index (χ0) is 23.3. The van der Waals surface area contributed by atoms with E-state index in [1.54, 1.807) is 5.38 Å². The lowest BCUT2D eigenvalue weighted by atomic mass is 10.2. The Hall–Kier alpha value is -3.14. The summed E-state index contributed by atoms with van der Waals surface area (Å²) in [7, 11) is 0. The van der Waals surface area contributed by atoms with Crippen LogP contribution in [0.15, 0.2) is 31.5 Å². The summed E-state index contributed by atoms with van der Waals surface area (Å²) >= 11 is 1.39. The van der Waals surface area contributed by atoms with E-state index in [0.29, 0.717) is 36.0 Å². The second-order valence-corrected chi connectivity index (χ2v) is 8.49. The number of nitrogens with two attached hydrogens (primary N) is 1. The number of thiazole rings is 1. The van der Waals surface area contributed by atoms with E-state index in [1.165, 1.54) is 20.8 Å². The van der Waals surface area contributed by atoms with Crippen molar-refractivity contribution in [2.75, 3.05) is 17.2 Å². The van der Waals surface area contributed by atoms with Crippen LogP contribution in [0.3, 0.4) is 0 Å². The van der Waals surface area contributed by atoms with Gasteiger partial charge in [-0.2, -0.15) is 0 Å². The molecule has 3 rings (SSSR count). The third-order valence-electron chi connectivity index (χ3n) is 5.09. The maximum absolute atomic E-state index is 13.3. The molecule has 32 heavy (non-hydrogen) atoms. The van der Waals surface area contributed by atoms with Crippen LogP contribution in [0.1, 0.15) is 51.0 Å². The van der Waals surface area contributed by atoms with Crippen molar-refractivity contribution in [2.24, 2.45) is 0 Å². The summed E-state index contributed by atoms with van der Waals surface area (Å²) in [6, 6.07) is 3.70. The van der Waals surface area contributed by atoms with Crippen molar-refractivity contribution in [3.05, 3.63) is 49.8 Å². The van der Waals surface area contributed by atoms with Gasteiger partial charge in [-0.15, -0.1) is 11.3 Å². The van der Waals surface area contributed by atoms with Crippen molar-refractivity contribution < 1.29 is 9.21 Å². The van der Waals surface area contributed by atoms with Crippen LogP contribution in [0.5, 0.6) is 0 Å².